The zero-order chi connectivity index (χ0) is 20.0. The van der Waals surface area contributed by atoms with Gasteiger partial charge in [-0.15, -0.1) is 0 Å². The van der Waals surface area contributed by atoms with E-state index in [0.29, 0.717) is 24.6 Å². The molecule has 144 valence electrons. The average molecular weight is 370 g/mol. The number of urea groups is 1. The average Bonchev–Trinajstić information content (AvgIpc) is 2.57. The number of amides is 2. The zero-order valence-electron chi connectivity index (χ0n) is 16.5. The summed E-state index contributed by atoms with van der Waals surface area (Å²) in [7, 11) is 1.33. The minimum Gasteiger partial charge on any atom is -0.437 e. The van der Waals surface area contributed by atoms with Gasteiger partial charge in [0.15, 0.2) is 0 Å². The monoisotopic (exact) mass is 370 g/mol. The zero-order valence-corrected chi connectivity index (χ0v) is 16.5. The Hall–Kier alpha value is -2.65. The van der Waals surface area contributed by atoms with E-state index in [0.717, 1.165) is 11.3 Å². The second-order valence-electron chi connectivity index (χ2n) is 6.64. The Balaban J connectivity index is 1.96. The van der Waals surface area contributed by atoms with Crippen LogP contribution in [-0.4, -0.2) is 53.0 Å². The predicted octanol–water partition coefficient (Wildman–Crippen LogP) is 2.50. The van der Waals surface area contributed by atoms with Crippen molar-refractivity contribution in [1.82, 2.24) is 14.8 Å². The van der Waals surface area contributed by atoms with E-state index in [-0.39, 0.29) is 5.95 Å². The second kappa shape index (κ2) is 9.34. The lowest BCUT2D eigenvalue weighted by Crippen LogP contribution is -2.36. The lowest BCUT2D eigenvalue weighted by molar-refractivity contribution is 0.262. The van der Waals surface area contributed by atoms with E-state index in [1.54, 1.807) is 17.7 Å². The van der Waals surface area contributed by atoms with Crippen molar-refractivity contribution < 1.29 is 9.82 Å². The van der Waals surface area contributed by atoms with Gasteiger partial charge in [-0.3, -0.25) is 5.32 Å². The third-order valence-corrected chi connectivity index (χ3v) is 4.25. The molecular formula is C18H27BN6O2. The SMILES string of the molecule is CB(O)N(C)CCNc1cc(C)nc(NC(=O)Nc2ccc(C)c(C)c2)n1. The molecule has 2 amide bonds. The van der Waals surface area contributed by atoms with Gasteiger partial charge < -0.3 is 20.5 Å². The van der Waals surface area contributed by atoms with Crippen molar-refractivity contribution in [2.24, 2.45) is 0 Å². The second-order valence-corrected chi connectivity index (χ2v) is 6.64. The number of hydrogen-bond donors (Lipinski definition) is 4. The van der Waals surface area contributed by atoms with Gasteiger partial charge in [-0.05, 0) is 57.9 Å². The van der Waals surface area contributed by atoms with Gasteiger partial charge in [-0.1, -0.05) is 6.07 Å². The highest BCUT2D eigenvalue weighted by Crippen LogP contribution is 2.15. The Morgan fingerprint density at radius 1 is 1.15 bits per heavy atom. The van der Waals surface area contributed by atoms with Crippen LogP contribution in [0.3, 0.4) is 0 Å². The van der Waals surface area contributed by atoms with E-state index in [1.165, 1.54) is 5.56 Å². The highest BCUT2D eigenvalue weighted by molar-refractivity contribution is 6.45. The normalized spacial score (nSPS) is 10.6. The lowest BCUT2D eigenvalue weighted by atomic mass is 9.86. The minimum absolute atomic E-state index is 0.225. The van der Waals surface area contributed by atoms with Crippen molar-refractivity contribution in [2.75, 3.05) is 36.1 Å². The summed E-state index contributed by atoms with van der Waals surface area (Å²) < 4.78 is 0. The van der Waals surface area contributed by atoms with Crippen molar-refractivity contribution in [2.45, 2.75) is 27.6 Å². The largest absolute Gasteiger partial charge is 0.437 e. The molecule has 0 radical (unpaired) electrons. The third-order valence-electron chi connectivity index (χ3n) is 4.25. The number of rotatable bonds is 7. The van der Waals surface area contributed by atoms with Crippen LogP contribution in [0.25, 0.3) is 0 Å². The molecule has 0 atom stereocenters. The van der Waals surface area contributed by atoms with Crippen molar-refractivity contribution >= 4 is 30.5 Å². The molecule has 0 saturated carbocycles. The van der Waals surface area contributed by atoms with Crippen LogP contribution in [0.15, 0.2) is 24.3 Å². The summed E-state index contributed by atoms with van der Waals surface area (Å²) in [5.41, 5.74) is 3.72. The molecule has 2 aromatic rings. The maximum absolute atomic E-state index is 12.2. The van der Waals surface area contributed by atoms with Gasteiger partial charge in [-0.2, -0.15) is 4.98 Å². The fourth-order valence-electron chi connectivity index (χ4n) is 2.35. The maximum atomic E-state index is 12.2. The first-order valence-electron chi connectivity index (χ1n) is 8.87. The van der Waals surface area contributed by atoms with Gasteiger partial charge in [-0.25, -0.2) is 9.78 Å². The van der Waals surface area contributed by atoms with Crippen LogP contribution < -0.4 is 16.0 Å². The Labute approximate surface area is 160 Å². The molecule has 0 fully saturated rings. The first-order valence-corrected chi connectivity index (χ1v) is 8.87. The van der Waals surface area contributed by atoms with E-state index in [2.05, 4.69) is 25.9 Å². The Bertz CT molecular complexity index is 799. The number of benzene rings is 1. The van der Waals surface area contributed by atoms with Gasteiger partial charge in [0, 0.05) is 30.5 Å². The number of likely N-dealkylation sites (N-methyl/N-ethyl adjacent to an activating group) is 1. The molecule has 0 aliphatic carbocycles. The molecule has 0 aliphatic rings. The number of carbonyl (C=O) groups excluding carboxylic acids is 1. The summed E-state index contributed by atoms with van der Waals surface area (Å²) in [6.45, 7) is 8.82. The van der Waals surface area contributed by atoms with E-state index in [9.17, 15) is 9.82 Å². The number of hydrogen-bond acceptors (Lipinski definition) is 6. The number of aryl methyl sites for hydroxylation is 3. The lowest BCUT2D eigenvalue weighted by Gasteiger charge is -2.17. The van der Waals surface area contributed by atoms with Crippen LogP contribution in [0.2, 0.25) is 6.82 Å². The molecule has 0 spiro atoms. The highest BCUT2D eigenvalue weighted by Gasteiger charge is 2.11. The summed E-state index contributed by atoms with van der Waals surface area (Å²) in [5.74, 6) is 0.839. The van der Waals surface area contributed by atoms with Crippen LogP contribution in [0.4, 0.5) is 22.2 Å². The number of carbonyl (C=O) groups is 1. The number of anilines is 3. The first kappa shape index (κ1) is 20.7. The smallest absolute Gasteiger partial charge is 0.376 e. The summed E-state index contributed by atoms with van der Waals surface area (Å²) in [5, 5.41) is 18.1. The third kappa shape index (κ3) is 6.54. The Morgan fingerprint density at radius 2 is 1.89 bits per heavy atom. The van der Waals surface area contributed by atoms with Crippen LogP contribution in [0.1, 0.15) is 16.8 Å². The minimum atomic E-state index is -0.509. The molecule has 2 rings (SSSR count). The molecule has 9 heteroatoms. The molecule has 1 aromatic heterocycles. The van der Waals surface area contributed by atoms with Crippen LogP contribution >= 0.6 is 0 Å². The highest BCUT2D eigenvalue weighted by atomic mass is 16.2. The molecule has 0 unspecified atom stereocenters. The summed E-state index contributed by atoms with van der Waals surface area (Å²) >= 11 is 0. The molecule has 27 heavy (non-hydrogen) atoms. The molecule has 1 aromatic carbocycles. The number of nitrogens with one attached hydrogen (secondary N) is 3. The molecule has 4 N–H and O–H groups in total. The quantitative estimate of drug-likeness (QED) is 0.559. The summed E-state index contributed by atoms with van der Waals surface area (Å²) in [4.78, 5) is 22.6. The van der Waals surface area contributed by atoms with Crippen LogP contribution in [0.5, 0.6) is 0 Å². The molecule has 0 aliphatic heterocycles. The van der Waals surface area contributed by atoms with Gasteiger partial charge in [0.05, 0.1) is 0 Å². The van der Waals surface area contributed by atoms with Gasteiger partial charge in [0.2, 0.25) is 5.95 Å². The summed E-state index contributed by atoms with van der Waals surface area (Å²) in [6.07, 6.45) is 0. The Morgan fingerprint density at radius 3 is 2.56 bits per heavy atom. The van der Waals surface area contributed by atoms with Crippen molar-refractivity contribution in [3.8, 4) is 0 Å². The van der Waals surface area contributed by atoms with Crippen LogP contribution in [-0.2, 0) is 0 Å². The fraction of sp³-hybridized carbons (Fsp3) is 0.389. The standard InChI is InChI=1S/C18H27BN6O2/c1-12-6-7-15(10-13(12)2)22-18(26)24-17-21-14(3)11-16(23-17)20-8-9-25(5)19(4)27/h6-7,10-11,27H,8-9H2,1-5H3,(H3,20,21,22,23,24,26). The number of nitrogens with zero attached hydrogens (tertiary/aromatic N) is 3. The molecule has 0 bridgehead atoms. The van der Waals surface area contributed by atoms with E-state index in [4.69, 9.17) is 0 Å². The first-order chi connectivity index (χ1) is 12.7. The van der Waals surface area contributed by atoms with E-state index in [1.807, 2.05) is 46.0 Å². The topological polar surface area (TPSA) is 102 Å². The molecule has 8 nitrogen and oxygen atoms in total. The molecule has 1 heterocycles. The predicted molar refractivity (Wildman–Crippen MR) is 110 cm³/mol. The van der Waals surface area contributed by atoms with Crippen molar-refractivity contribution in [3.05, 3.63) is 41.1 Å². The van der Waals surface area contributed by atoms with Gasteiger partial charge in [0.25, 0.3) is 0 Å². The molecule has 0 saturated heterocycles. The van der Waals surface area contributed by atoms with Gasteiger partial charge in [0.1, 0.15) is 5.82 Å². The Kier molecular flexibility index (Phi) is 7.15. The van der Waals surface area contributed by atoms with E-state index >= 15 is 0 Å². The number of aromatic nitrogens is 2. The van der Waals surface area contributed by atoms with Gasteiger partial charge >= 0.3 is 13.1 Å². The van der Waals surface area contributed by atoms with E-state index < -0.39 is 13.1 Å². The maximum Gasteiger partial charge on any atom is 0.376 e. The van der Waals surface area contributed by atoms with Crippen molar-refractivity contribution in [1.29, 1.82) is 0 Å². The van der Waals surface area contributed by atoms with Crippen molar-refractivity contribution in [3.63, 3.8) is 0 Å². The van der Waals surface area contributed by atoms with Crippen LogP contribution in [0, 0.1) is 20.8 Å². The fourth-order valence-corrected chi connectivity index (χ4v) is 2.35. The molecular weight excluding hydrogens is 343 g/mol. The summed E-state index contributed by atoms with van der Waals surface area (Å²) in [6, 6.07) is 7.13.